The lowest BCUT2D eigenvalue weighted by atomic mass is 10.2. The Kier molecular flexibility index (Phi) is 5.13. The third-order valence-corrected chi connectivity index (χ3v) is 3.47. The second-order valence-corrected chi connectivity index (χ2v) is 5.25. The van der Waals surface area contributed by atoms with E-state index in [0.717, 1.165) is 12.8 Å². The zero-order valence-corrected chi connectivity index (χ0v) is 12.5. The van der Waals surface area contributed by atoms with E-state index in [0.29, 0.717) is 42.8 Å². The van der Waals surface area contributed by atoms with Crippen molar-refractivity contribution < 1.29 is 9.90 Å². The molecule has 0 fully saturated rings. The Morgan fingerprint density at radius 1 is 1.23 bits per heavy atom. The molecular weight excluding hydrogens is 288 g/mol. The van der Waals surface area contributed by atoms with Crippen molar-refractivity contribution in [3.8, 4) is 0 Å². The van der Waals surface area contributed by atoms with Gasteiger partial charge in [0.1, 0.15) is 11.3 Å². The van der Waals surface area contributed by atoms with Gasteiger partial charge in [-0.2, -0.15) is 0 Å². The zero-order valence-electron chi connectivity index (χ0n) is 12.5. The van der Waals surface area contributed by atoms with Gasteiger partial charge in [0.05, 0.1) is 0 Å². The Hall–Kier alpha value is -2.38. The molecule has 120 valence electrons. The highest BCUT2D eigenvalue weighted by Gasteiger charge is 2.12. The number of fused-ring (bicyclic) bond motifs is 1. The first-order chi connectivity index (χ1) is 10.5. The van der Waals surface area contributed by atoms with Crippen molar-refractivity contribution in [2.24, 2.45) is 0 Å². The summed E-state index contributed by atoms with van der Waals surface area (Å²) in [7, 11) is 0. The van der Waals surface area contributed by atoms with Gasteiger partial charge in [0.15, 0.2) is 5.65 Å². The summed E-state index contributed by atoms with van der Waals surface area (Å²) in [5.41, 5.74) is -0.258. The average Bonchev–Trinajstić information content (AvgIpc) is 2.88. The van der Waals surface area contributed by atoms with Crippen LogP contribution < -0.4 is 11.2 Å². The molecule has 2 heterocycles. The fourth-order valence-corrected chi connectivity index (χ4v) is 2.30. The molecule has 0 atom stereocenters. The Bertz CT molecular complexity index is 771. The summed E-state index contributed by atoms with van der Waals surface area (Å²) in [6.07, 6.45) is 3.61. The van der Waals surface area contributed by atoms with Crippen LogP contribution in [0, 0.1) is 0 Å². The molecule has 0 aliphatic carbocycles. The van der Waals surface area contributed by atoms with Crippen LogP contribution in [0.25, 0.3) is 11.2 Å². The Morgan fingerprint density at radius 3 is 2.68 bits per heavy atom. The van der Waals surface area contributed by atoms with Gasteiger partial charge < -0.3 is 10.1 Å². The fourth-order valence-electron chi connectivity index (χ4n) is 2.30. The van der Waals surface area contributed by atoms with Gasteiger partial charge in [-0.3, -0.25) is 19.1 Å². The van der Waals surface area contributed by atoms with Gasteiger partial charge in [0.2, 0.25) is 0 Å². The third kappa shape index (κ3) is 3.63. The highest BCUT2D eigenvalue weighted by Crippen LogP contribution is 2.09. The number of imidazole rings is 1. The minimum Gasteiger partial charge on any atom is -0.481 e. The second kappa shape index (κ2) is 7.06. The molecule has 0 aromatic carbocycles. The normalized spacial score (nSPS) is 11.1. The molecule has 0 saturated carbocycles. The monoisotopic (exact) mass is 308 g/mol. The minimum absolute atomic E-state index is 0.113. The summed E-state index contributed by atoms with van der Waals surface area (Å²) in [5, 5.41) is 8.60. The first-order valence-corrected chi connectivity index (χ1v) is 7.46. The van der Waals surface area contributed by atoms with E-state index in [9.17, 15) is 14.4 Å². The third-order valence-electron chi connectivity index (χ3n) is 3.47. The largest absolute Gasteiger partial charge is 0.481 e. The first kappa shape index (κ1) is 16.0. The lowest BCUT2D eigenvalue weighted by Gasteiger charge is -2.03. The number of aryl methyl sites for hydroxylation is 2. The van der Waals surface area contributed by atoms with Gasteiger partial charge in [-0.25, -0.2) is 9.78 Å². The van der Waals surface area contributed by atoms with Crippen LogP contribution in [-0.4, -0.2) is 30.6 Å². The number of nitrogens with one attached hydrogen (secondary N) is 2. The molecular formula is C14H20N4O4. The van der Waals surface area contributed by atoms with Crippen molar-refractivity contribution in [3.05, 3.63) is 26.7 Å². The summed E-state index contributed by atoms with van der Waals surface area (Å²) < 4.78 is 1.47. The molecule has 8 nitrogen and oxygen atoms in total. The zero-order chi connectivity index (χ0) is 16.1. The van der Waals surface area contributed by atoms with Gasteiger partial charge in [-0.05, 0) is 19.3 Å². The molecule has 3 N–H and O–H groups in total. The number of nitrogens with zero attached hydrogens (tertiary/aromatic N) is 2. The number of unbranched alkanes of at least 4 members (excludes halogenated alkanes) is 2. The highest BCUT2D eigenvalue weighted by atomic mass is 16.4. The lowest BCUT2D eigenvalue weighted by molar-refractivity contribution is -0.137. The molecule has 2 rings (SSSR count). The molecule has 0 bridgehead atoms. The van der Waals surface area contributed by atoms with Gasteiger partial charge in [0, 0.05) is 19.4 Å². The number of carbonyl (C=O) groups is 1. The van der Waals surface area contributed by atoms with Gasteiger partial charge in [-0.15, -0.1) is 0 Å². The maximum Gasteiger partial charge on any atom is 0.330 e. The molecule has 0 radical (unpaired) electrons. The summed E-state index contributed by atoms with van der Waals surface area (Å²) >= 11 is 0. The molecule has 22 heavy (non-hydrogen) atoms. The van der Waals surface area contributed by atoms with Crippen molar-refractivity contribution in [2.75, 3.05) is 0 Å². The van der Waals surface area contributed by atoms with E-state index in [1.165, 1.54) is 4.57 Å². The number of aliphatic carboxylic acids is 1. The molecule has 0 unspecified atom stereocenters. The molecule has 0 aliphatic rings. The highest BCUT2D eigenvalue weighted by molar-refractivity contribution is 5.69. The molecule has 8 heteroatoms. The Balaban J connectivity index is 2.24. The van der Waals surface area contributed by atoms with E-state index in [4.69, 9.17) is 5.11 Å². The summed E-state index contributed by atoms with van der Waals surface area (Å²) in [6, 6.07) is 0. The molecule has 0 spiro atoms. The van der Waals surface area contributed by atoms with Crippen molar-refractivity contribution in [1.29, 1.82) is 0 Å². The number of hydrogen-bond acceptors (Lipinski definition) is 4. The van der Waals surface area contributed by atoms with Crippen LogP contribution in [0.1, 0.15) is 44.9 Å². The fraction of sp³-hybridized carbons (Fsp3) is 0.571. The summed E-state index contributed by atoms with van der Waals surface area (Å²) in [4.78, 5) is 43.8. The molecule has 0 aliphatic heterocycles. The minimum atomic E-state index is -0.825. The van der Waals surface area contributed by atoms with Gasteiger partial charge >= 0.3 is 11.7 Å². The van der Waals surface area contributed by atoms with E-state index in [1.807, 2.05) is 6.92 Å². The lowest BCUT2D eigenvalue weighted by Crippen LogP contribution is -2.30. The molecule has 2 aromatic heterocycles. The van der Waals surface area contributed by atoms with Crippen molar-refractivity contribution >= 4 is 17.1 Å². The van der Waals surface area contributed by atoms with Crippen molar-refractivity contribution in [1.82, 2.24) is 19.5 Å². The number of hydrogen-bond donors (Lipinski definition) is 3. The van der Waals surface area contributed by atoms with Crippen LogP contribution in [0.5, 0.6) is 0 Å². The Labute approximate surface area is 126 Å². The number of H-pyrrole nitrogens is 2. The summed E-state index contributed by atoms with van der Waals surface area (Å²) in [6.45, 7) is 2.53. The predicted octanol–water partition coefficient (Wildman–Crippen LogP) is 1.01. The standard InChI is InChI=1S/C14H20N4O4/c1-2-3-8-18-12-11(13(21)17-14(18)22)15-9(16-12)6-4-5-7-10(19)20/h2-8H2,1H3,(H,15,16)(H,19,20)(H,17,21,22). The van der Waals surface area contributed by atoms with E-state index >= 15 is 0 Å². The molecule has 0 amide bonds. The van der Waals surface area contributed by atoms with Crippen LogP contribution >= 0.6 is 0 Å². The predicted molar refractivity (Wildman–Crippen MR) is 81.1 cm³/mol. The number of carboxylic acid groups (broad SMARTS) is 1. The van der Waals surface area contributed by atoms with Crippen LogP contribution in [0.2, 0.25) is 0 Å². The SMILES string of the molecule is CCCCn1c(=O)[nH]c(=O)c2[nH]c(CCCCC(=O)O)nc21. The van der Waals surface area contributed by atoms with Crippen LogP contribution in [0.4, 0.5) is 0 Å². The van der Waals surface area contributed by atoms with E-state index in [-0.39, 0.29) is 6.42 Å². The first-order valence-electron chi connectivity index (χ1n) is 7.46. The van der Waals surface area contributed by atoms with E-state index in [2.05, 4.69) is 15.0 Å². The number of aromatic amines is 2. The number of aromatic nitrogens is 4. The van der Waals surface area contributed by atoms with Gasteiger partial charge in [-0.1, -0.05) is 13.3 Å². The molecule has 0 saturated heterocycles. The molecule has 2 aromatic rings. The average molecular weight is 308 g/mol. The quantitative estimate of drug-likeness (QED) is 0.628. The van der Waals surface area contributed by atoms with Crippen molar-refractivity contribution in [2.45, 2.75) is 52.0 Å². The van der Waals surface area contributed by atoms with Gasteiger partial charge in [0.25, 0.3) is 5.56 Å². The van der Waals surface area contributed by atoms with Crippen LogP contribution in [0.3, 0.4) is 0 Å². The van der Waals surface area contributed by atoms with E-state index < -0.39 is 17.2 Å². The maximum absolute atomic E-state index is 11.9. The smallest absolute Gasteiger partial charge is 0.330 e. The van der Waals surface area contributed by atoms with Crippen LogP contribution in [-0.2, 0) is 17.8 Å². The Morgan fingerprint density at radius 2 is 2.00 bits per heavy atom. The number of carboxylic acids is 1. The van der Waals surface area contributed by atoms with Crippen molar-refractivity contribution in [3.63, 3.8) is 0 Å². The summed E-state index contributed by atoms with van der Waals surface area (Å²) in [5.74, 6) is -0.226. The van der Waals surface area contributed by atoms with E-state index in [1.54, 1.807) is 0 Å². The topological polar surface area (TPSA) is 121 Å². The number of rotatable bonds is 8. The van der Waals surface area contributed by atoms with Crippen LogP contribution in [0.15, 0.2) is 9.59 Å². The second-order valence-electron chi connectivity index (χ2n) is 5.25. The maximum atomic E-state index is 11.9.